The molecule has 3 rings (SSSR count). The van der Waals surface area contributed by atoms with Crippen LogP contribution in [-0.2, 0) is 10.0 Å². The lowest BCUT2D eigenvalue weighted by atomic mass is 10.1. The van der Waals surface area contributed by atoms with E-state index in [0.717, 1.165) is 16.8 Å². The topological polar surface area (TPSA) is 87.2 Å². The van der Waals surface area contributed by atoms with Crippen LogP contribution in [0, 0.1) is 20.8 Å². The number of H-pyrrole nitrogens is 1. The van der Waals surface area contributed by atoms with E-state index in [2.05, 4.69) is 20.1 Å². The lowest BCUT2D eigenvalue weighted by Gasteiger charge is -2.11. The van der Waals surface area contributed by atoms with Crippen LogP contribution in [0.5, 0.6) is 0 Å². The average Bonchev–Trinajstić information content (AvgIpc) is 3.02. The molecule has 0 aliphatic heterocycles. The van der Waals surface area contributed by atoms with Crippen LogP contribution < -0.4 is 4.83 Å². The molecule has 0 fully saturated rings. The molecule has 0 saturated carbocycles. The zero-order valence-corrected chi connectivity index (χ0v) is 15.6. The fraction of sp³-hybridized carbons (Fsp3) is 0.158. The Bertz CT molecular complexity index is 1030. The highest BCUT2D eigenvalue weighted by molar-refractivity contribution is 7.89. The van der Waals surface area contributed by atoms with Gasteiger partial charge in [0.2, 0.25) is 0 Å². The summed E-state index contributed by atoms with van der Waals surface area (Å²) in [5.41, 5.74) is 4.82. The third-order valence-electron chi connectivity index (χ3n) is 3.98. The molecule has 26 heavy (non-hydrogen) atoms. The van der Waals surface area contributed by atoms with E-state index >= 15 is 0 Å². The first-order chi connectivity index (χ1) is 12.4. The van der Waals surface area contributed by atoms with Gasteiger partial charge < -0.3 is 0 Å². The first-order valence-electron chi connectivity index (χ1n) is 8.10. The van der Waals surface area contributed by atoms with Crippen molar-refractivity contribution in [1.82, 2.24) is 15.0 Å². The van der Waals surface area contributed by atoms with E-state index in [1.165, 1.54) is 6.21 Å². The minimum Gasteiger partial charge on any atom is -0.277 e. The highest BCUT2D eigenvalue weighted by Gasteiger charge is 2.19. The second-order valence-corrected chi connectivity index (χ2v) is 7.74. The van der Waals surface area contributed by atoms with Gasteiger partial charge in [0.1, 0.15) is 0 Å². The van der Waals surface area contributed by atoms with Crippen molar-refractivity contribution in [3.8, 4) is 11.3 Å². The van der Waals surface area contributed by atoms with Crippen molar-refractivity contribution in [3.05, 3.63) is 70.9 Å². The number of hydrazone groups is 1. The quantitative estimate of drug-likeness (QED) is 0.535. The Morgan fingerprint density at radius 1 is 1.08 bits per heavy atom. The van der Waals surface area contributed by atoms with E-state index < -0.39 is 10.0 Å². The number of aromatic amines is 1. The molecule has 0 unspecified atom stereocenters. The first-order valence-corrected chi connectivity index (χ1v) is 9.58. The predicted octanol–water partition coefficient (Wildman–Crippen LogP) is 3.31. The number of rotatable bonds is 5. The highest BCUT2D eigenvalue weighted by Crippen LogP contribution is 2.22. The molecule has 0 atom stereocenters. The van der Waals surface area contributed by atoms with E-state index in [0.29, 0.717) is 16.7 Å². The summed E-state index contributed by atoms with van der Waals surface area (Å²) in [6, 6.07) is 13.3. The van der Waals surface area contributed by atoms with Crippen LogP contribution in [0.4, 0.5) is 0 Å². The Balaban J connectivity index is 1.85. The van der Waals surface area contributed by atoms with Crippen molar-refractivity contribution in [1.29, 1.82) is 0 Å². The van der Waals surface area contributed by atoms with Gasteiger partial charge in [0.05, 0.1) is 23.0 Å². The van der Waals surface area contributed by atoms with Gasteiger partial charge in [-0.3, -0.25) is 5.10 Å². The van der Waals surface area contributed by atoms with E-state index in [9.17, 15) is 8.42 Å². The number of hydrogen-bond acceptors (Lipinski definition) is 4. The molecule has 1 heterocycles. The van der Waals surface area contributed by atoms with Crippen LogP contribution in [0.15, 0.2) is 58.7 Å². The Kier molecular flexibility index (Phi) is 4.90. The number of hydrogen-bond donors (Lipinski definition) is 2. The number of aromatic nitrogens is 2. The van der Waals surface area contributed by atoms with Crippen LogP contribution in [0.25, 0.3) is 11.3 Å². The Morgan fingerprint density at radius 3 is 2.38 bits per heavy atom. The van der Waals surface area contributed by atoms with Crippen LogP contribution in [0.2, 0.25) is 0 Å². The predicted molar refractivity (Wildman–Crippen MR) is 103 cm³/mol. The number of sulfonamides is 1. The van der Waals surface area contributed by atoms with Gasteiger partial charge in [-0.05, 0) is 31.9 Å². The molecule has 0 spiro atoms. The number of nitrogens with zero attached hydrogens (tertiary/aromatic N) is 2. The van der Waals surface area contributed by atoms with E-state index in [-0.39, 0.29) is 4.90 Å². The van der Waals surface area contributed by atoms with Crippen molar-refractivity contribution < 1.29 is 8.42 Å². The number of nitrogens with one attached hydrogen (secondary N) is 2. The second kappa shape index (κ2) is 7.13. The third kappa shape index (κ3) is 3.67. The van der Waals surface area contributed by atoms with Gasteiger partial charge in [0, 0.05) is 11.1 Å². The van der Waals surface area contributed by atoms with Gasteiger partial charge in [-0.25, -0.2) is 4.83 Å². The highest BCUT2D eigenvalue weighted by atomic mass is 32.2. The molecule has 134 valence electrons. The molecule has 1 aromatic heterocycles. The van der Waals surface area contributed by atoms with Gasteiger partial charge >= 0.3 is 0 Å². The van der Waals surface area contributed by atoms with Crippen molar-refractivity contribution in [2.45, 2.75) is 25.7 Å². The van der Waals surface area contributed by atoms with Gasteiger partial charge in [-0.15, -0.1) is 0 Å². The summed E-state index contributed by atoms with van der Waals surface area (Å²) >= 11 is 0. The molecular weight excluding hydrogens is 348 g/mol. The molecule has 0 amide bonds. The summed E-state index contributed by atoms with van der Waals surface area (Å²) in [4.78, 5) is 2.55. The molecule has 7 heteroatoms. The van der Waals surface area contributed by atoms with E-state index in [1.807, 2.05) is 49.4 Å². The minimum absolute atomic E-state index is 0.260. The van der Waals surface area contributed by atoms with Crippen molar-refractivity contribution in [3.63, 3.8) is 0 Å². The summed E-state index contributed by atoms with van der Waals surface area (Å²) in [7, 11) is -3.75. The lowest BCUT2D eigenvalue weighted by molar-refractivity contribution is 0.583. The van der Waals surface area contributed by atoms with Gasteiger partial charge in [-0.1, -0.05) is 48.0 Å². The van der Waals surface area contributed by atoms with E-state index in [4.69, 9.17) is 0 Å². The van der Waals surface area contributed by atoms with Gasteiger partial charge in [-0.2, -0.15) is 18.6 Å². The maximum Gasteiger partial charge on any atom is 0.277 e. The zero-order chi connectivity index (χ0) is 18.7. The summed E-state index contributed by atoms with van der Waals surface area (Å²) in [6.07, 6.45) is 3.05. The van der Waals surface area contributed by atoms with E-state index in [1.54, 1.807) is 20.0 Å². The van der Waals surface area contributed by atoms with Gasteiger partial charge in [0.25, 0.3) is 10.0 Å². The molecule has 3 aromatic rings. The standard InChI is InChI=1S/C19H20N4O2S/c1-13-9-14(2)19(15(3)10-13)26(24,25)23-21-12-17-11-20-22-18(17)16-7-5-4-6-8-16/h4-12,23H,1-3H3,(H,20,22)/b21-12-. The first kappa shape index (κ1) is 17.9. The summed E-state index contributed by atoms with van der Waals surface area (Å²) < 4.78 is 25.2. The Hall–Kier alpha value is -2.93. The molecule has 0 aliphatic rings. The molecule has 0 radical (unpaired) electrons. The molecule has 2 aromatic carbocycles. The van der Waals surface area contributed by atoms with Crippen molar-refractivity contribution >= 4 is 16.2 Å². The monoisotopic (exact) mass is 368 g/mol. The molecule has 0 saturated heterocycles. The van der Waals surface area contributed by atoms with Crippen LogP contribution in [0.3, 0.4) is 0 Å². The second-order valence-electron chi connectivity index (χ2n) is 6.15. The Morgan fingerprint density at radius 2 is 1.73 bits per heavy atom. The molecule has 0 aliphatic carbocycles. The number of aryl methyl sites for hydroxylation is 3. The lowest BCUT2D eigenvalue weighted by Crippen LogP contribution is -2.20. The normalized spacial score (nSPS) is 11.8. The van der Waals surface area contributed by atoms with Crippen LogP contribution >= 0.6 is 0 Å². The largest absolute Gasteiger partial charge is 0.277 e. The van der Waals surface area contributed by atoms with Crippen LogP contribution in [0.1, 0.15) is 22.3 Å². The van der Waals surface area contributed by atoms with Crippen molar-refractivity contribution in [2.24, 2.45) is 5.10 Å². The average molecular weight is 368 g/mol. The summed E-state index contributed by atoms with van der Waals surface area (Å²) in [5.74, 6) is 0. The molecule has 0 bridgehead atoms. The maximum absolute atomic E-state index is 12.6. The third-order valence-corrected chi connectivity index (χ3v) is 5.51. The zero-order valence-electron chi connectivity index (χ0n) is 14.8. The summed E-state index contributed by atoms with van der Waals surface area (Å²) in [6.45, 7) is 5.50. The smallest absolute Gasteiger partial charge is 0.277 e. The molecular formula is C19H20N4O2S. The fourth-order valence-corrected chi connectivity index (χ4v) is 4.28. The molecule has 2 N–H and O–H groups in total. The maximum atomic E-state index is 12.6. The SMILES string of the molecule is Cc1cc(C)c(S(=O)(=O)N/N=C\c2cn[nH]c2-c2ccccc2)c(C)c1. The molecule has 6 nitrogen and oxygen atoms in total. The summed E-state index contributed by atoms with van der Waals surface area (Å²) in [5, 5.41) is 10.9. The van der Waals surface area contributed by atoms with Gasteiger partial charge in [0.15, 0.2) is 0 Å². The van der Waals surface area contributed by atoms with Crippen molar-refractivity contribution in [2.75, 3.05) is 0 Å². The number of benzene rings is 2. The van der Waals surface area contributed by atoms with Crippen LogP contribution in [-0.4, -0.2) is 24.8 Å². The fourth-order valence-electron chi connectivity index (χ4n) is 3.03. The Labute approximate surface area is 153 Å². The minimum atomic E-state index is -3.75.